The van der Waals surface area contributed by atoms with Gasteiger partial charge in [-0.25, -0.2) is 0 Å². The molecule has 11 nitrogen and oxygen atoms in total. The molecular weight excluding hydrogens is 562 g/mol. The predicted molar refractivity (Wildman–Crippen MR) is 166 cm³/mol. The highest BCUT2D eigenvalue weighted by Gasteiger charge is 2.35. The number of nitrogens with one attached hydrogen (secondary N) is 2. The molecule has 0 saturated carbocycles. The molecule has 11 heteroatoms. The first-order valence-corrected chi connectivity index (χ1v) is 15.1. The molecule has 238 valence electrons. The standard InChI is InChI=1S/C33H45N5O6/c1-23(2)19-28(37(4)29(39)21-25-13-9-6-10-14-25)32(43)34-26(22-30(40)41)31(42)35-27(20-24-11-7-5-8-12-24)33(44)38-17-15-36(3)16-18-38/h5-14,23,26-28H,15-22H2,1-4H3,(H,34,43)(H,35,42)(H,40,41)/t26-,27-,28-/m0/s1. The molecule has 0 aromatic heterocycles. The van der Waals surface area contributed by atoms with Crippen LogP contribution in [-0.4, -0.2) is 108 Å². The minimum absolute atomic E-state index is 0.0286. The molecule has 3 atom stereocenters. The summed E-state index contributed by atoms with van der Waals surface area (Å²) in [4.78, 5) is 70.9. The minimum Gasteiger partial charge on any atom is -0.481 e. The maximum Gasteiger partial charge on any atom is 0.305 e. The number of rotatable bonds is 14. The maximum absolute atomic E-state index is 13.6. The van der Waals surface area contributed by atoms with Crippen LogP contribution >= 0.6 is 0 Å². The Kier molecular flexibility index (Phi) is 12.9. The second-order valence-electron chi connectivity index (χ2n) is 11.9. The fourth-order valence-electron chi connectivity index (χ4n) is 5.18. The van der Waals surface area contributed by atoms with E-state index >= 15 is 0 Å². The first-order chi connectivity index (χ1) is 20.9. The number of hydrogen-bond acceptors (Lipinski definition) is 6. The summed E-state index contributed by atoms with van der Waals surface area (Å²) in [5, 5.41) is 15.0. The van der Waals surface area contributed by atoms with Crippen molar-refractivity contribution in [1.82, 2.24) is 25.3 Å². The molecule has 4 amide bonds. The third-order valence-corrected chi connectivity index (χ3v) is 7.78. The number of nitrogens with zero attached hydrogens (tertiary/aromatic N) is 3. The quantitative estimate of drug-likeness (QED) is 0.296. The number of piperazine rings is 1. The number of carbonyl (C=O) groups excluding carboxylic acids is 4. The van der Waals surface area contributed by atoms with Gasteiger partial charge in [-0.05, 0) is 30.5 Å². The van der Waals surface area contributed by atoms with Gasteiger partial charge in [0.05, 0.1) is 12.8 Å². The van der Waals surface area contributed by atoms with Gasteiger partial charge in [0, 0.05) is 39.6 Å². The van der Waals surface area contributed by atoms with E-state index in [1.165, 1.54) is 11.9 Å². The van der Waals surface area contributed by atoms with Gasteiger partial charge in [0.1, 0.15) is 18.1 Å². The van der Waals surface area contributed by atoms with Gasteiger partial charge < -0.3 is 30.4 Å². The molecule has 1 fully saturated rings. The molecule has 2 aromatic carbocycles. The number of likely N-dealkylation sites (N-methyl/N-ethyl adjacent to an activating group) is 2. The lowest BCUT2D eigenvalue weighted by Gasteiger charge is -2.35. The van der Waals surface area contributed by atoms with Crippen LogP contribution < -0.4 is 10.6 Å². The Balaban J connectivity index is 1.79. The highest BCUT2D eigenvalue weighted by Crippen LogP contribution is 2.15. The third-order valence-electron chi connectivity index (χ3n) is 7.78. The summed E-state index contributed by atoms with van der Waals surface area (Å²) in [6.45, 7) is 6.23. The molecule has 0 bridgehead atoms. The molecule has 1 heterocycles. The lowest BCUT2D eigenvalue weighted by atomic mass is 10.00. The molecule has 1 saturated heterocycles. The van der Waals surface area contributed by atoms with E-state index in [1.54, 1.807) is 4.90 Å². The average Bonchev–Trinajstić information content (AvgIpc) is 2.99. The van der Waals surface area contributed by atoms with Gasteiger partial charge in [-0.15, -0.1) is 0 Å². The summed E-state index contributed by atoms with van der Waals surface area (Å²) in [5.74, 6) is -3.21. The molecule has 0 radical (unpaired) electrons. The maximum atomic E-state index is 13.6. The average molecular weight is 608 g/mol. The van der Waals surface area contributed by atoms with E-state index in [1.807, 2.05) is 81.6 Å². The second kappa shape index (κ2) is 16.6. The highest BCUT2D eigenvalue weighted by atomic mass is 16.4. The Morgan fingerprint density at radius 3 is 1.91 bits per heavy atom. The third kappa shape index (κ3) is 10.5. The van der Waals surface area contributed by atoms with Crippen LogP contribution in [0, 0.1) is 5.92 Å². The van der Waals surface area contributed by atoms with E-state index in [4.69, 9.17) is 0 Å². The Hall–Kier alpha value is -4.25. The van der Waals surface area contributed by atoms with E-state index in [0.29, 0.717) is 32.6 Å². The summed E-state index contributed by atoms with van der Waals surface area (Å²) in [5.41, 5.74) is 1.63. The molecule has 1 aliphatic heterocycles. The highest BCUT2D eigenvalue weighted by molar-refractivity contribution is 5.96. The number of amides is 4. The Morgan fingerprint density at radius 2 is 1.36 bits per heavy atom. The molecule has 44 heavy (non-hydrogen) atoms. The zero-order chi connectivity index (χ0) is 32.2. The Bertz CT molecular complexity index is 1260. The summed E-state index contributed by atoms with van der Waals surface area (Å²) in [7, 11) is 3.51. The van der Waals surface area contributed by atoms with Gasteiger partial charge in [-0.1, -0.05) is 74.5 Å². The molecule has 1 aliphatic rings. The van der Waals surface area contributed by atoms with E-state index in [9.17, 15) is 29.1 Å². The number of carboxylic acid groups (broad SMARTS) is 1. The van der Waals surface area contributed by atoms with Gasteiger partial charge in [0.25, 0.3) is 0 Å². The van der Waals surface area contributed by atoms with Crippen LogP contribution in [0.1, 0.15) is 37.8 Å². The fraction of sp³-hybridized carbons (Fsp3) is 0.485. The number of carboxylic acids is 1. The molecule has 3 N–H and O–H groups in total. The van der Waals surface area contributed by atoms with Gasteiger partial charge >= 0.3 is 5.97 Å². The van der Waals surface area contributed by atoms with Crippen LogP contribution in [0.5, 0.6) is 0 Å². The predicted octanol–water partition coefficient (Wildman–Crippen LogP) is 1.56. The van der Waals surface area contributed by atoms with Crippen molar-refractivity contribution >= 4 is 29.6 Å². The number of hydrogen-bond donors (Lipinski definition) is 3. The van der Waals surface area contributed by atoms with Crippen molar-refractivity contribution in [2.24, 2.45) is 5.92 Å². The summed E-state index contributed by atoms with van der Waals surface area (Å²) in [6.07, 6.45) is -0.0801. The van der Waals surface area contributed by atoms with Crippen LogP contribution in [0.2, 0.25) is 0 Å². The van der Waals surface area contributed by atoms with E-state index in [0.717, 1.165) is 11.1 Å². The normalized spacial score (nSPS) is 15.6. The smallest absolute Gasteiger partial charge is 0.305 e. The molecule has 0 aliphatic carbocycles. The largest absolute Gasteiger partial charge is 0.481 e. The zero-order valence-electron chi connectivity index (χ0n) is 26.1. The zero-order valence-corrected chi connectivity index (χ0v) is 26.1. The van der Waals surface area contributed by atoms with E-state index in [-0.39, 0.29) is 30.6 Å². The molecule has 3 rings (SSSR count). The van der Waals surface area contributed by atoms with Crippen molar-refractivity contribution in [3.63, 3.8) is 0 Å². The topological polar surface area (TPSA) is 139 Å². The molecule has 2 aromatic rings. The number of carbonyl (C=O) groups is 5. The van der Waals surface area contributed by atoms with Crippen molar-refractivity contribution in [3.05, 3.63) is 71.8 Å². The molecule has 0 spiro atoms. The monoisotopic (exact) mass is 607 g/mol. The summed E-state index contributed by atoms with van der Waals surface area (Å²) in [6, 6.07) is 15.1. The van der Waals surface area contributed by atoms with Gasteiger partial charge in [-0.3, -0.25) is 24.0 Å². The first kappa shape index (κ1) is 34.2. The molecular formula is C33H45N5O6. The number of benzene rings is 2. The van der Waals surface area contributed by atoms with E-state index < -0.39 is 42.3 Å². The lowest BCUT2D eigenvalue weighted by Crippen LogP contribution is -2.59. The van der Waals surface area contributed by atoms with Crippen LogP contribution in [0.15, 0.2) is 60.7 Å². The van der Waals surface area contributed by atoms with Gasteiger partial charge in [0.15, 0.2) is 0 Å². The summed E-state index contributed by atoms with van der Waals surface area (Å²) < 4.78 is 0. The van der Waals surface area contributed by atoms with Gasteiger partial charge in [0.2, 0.25) is 23.6 Å². The van der Waals surface area contributed by atoms with Crippen LogP contribution in [0.3, 0.4) is 0 Å². The van der Waals surface area contributed by atoms with E-state index in [2.05, 4.69) is 15.5 Å². The van der Waals surface area contributed by atoms with Crippen molar-refractivity contribution in [2.45, 2.75) is 57.7 Å². The van der Waals surface area contributed by atoms with Crippen molar-refractivity contribution in [3.8, 4) is 0 Å². The fourth-order valence-corrected chi connectivity index (χ4v) is 5.18. The SMILES string of the molecule is CC(C)C[C@@H](C(=O)N[C@@H](CC(=O)O)C(=O)N[C@@H](Cc1ccccc1)C(=O)N1CCN(C)CC1)N(C)C(=O)Cc1ccccc1. The van der Waals surface area contributed by atoms with Crippen LogP contribution in [0.25, 0.3) is 0 Å². The second-order valence-corrected chi connectivity index (χ2v) is 11.9. The minimum atomic E-state index is -1.45. The van der Waals surface area contributed by atoms with Crippen molar-refractivity contribution in [1.29, 1.82) is 0 Å². The van der Waals surface area contributed by atoms with Gasteiger partial charge in [-0.2, -0.15) is 0 Å². The van der Waals surface area contributed by atoms with Crippen molar-refractivity contribution in [2.75, 3.05) is 40.3 Å². The van der Waals surface area contributed by atoms with Crippen LogP contribution in [-0.2, 0) is 36.8 Å². The Morgan fingerprint density at radius 1 is 0.818 bits per heavy atom. The lowest BCUT2D eigenvalue weighted by molar-refractivity contribution is -0.144. The summed E-state index contributed by atoms with van der Waals surface area (Å²) >= 11 is 0. The number of aliphatic carboxylic acids is 1. The van der Waals surface area contributed by atoms with Crippen LogP contribution in [0.4, 0.5) is 0 Å². The first-order valence-electron chi connectivity index (χ1n) is 15.1. The Labute approximate surface area is 259 Å². The van der Waals surface area contributed by atoms with Crippen molar-refractivity contribution < 1.29 is 29.1 Å². The molecule has 0 unspecified atom stereocenters.